The van der Waals surface area contributed by atoms with Crippen molar-refractivity contribution >= 4 is 11.6 Å². The lowest BCUT2D eigenvalue weighted by molar-refractivity contribution is -0.118. The molecule has 0 saturated heterocycles. The smallest absolute Gasteiger partial charge is 0.155 e. The van der Waals surface area contributed by atoms with E-state index in [4.69, 9.17) is 0 Å². The molecule has 0 heterocycles. The second kappa shape index (κ2) is 4.29. The number of carbonyl (C=O) groups excluding carboxylic acids is 2. The molecule has 102 valence electrons. The van der Waals surface area contributed by atoms with E-state index in [-0.39, 0.29) is 0 Å². The first-order chi connectivity index (χ1) is 9.22. The van der Waals surface area contributed by atoms with Crippen molar-refractivity contribution in [2.45, 2.75) is 51.4 Å². The zero-order valence-electron chi connectivity index (χ0n) is 11.4. The van der Waals surface area contributed by atoms with Gasteiger partial charge in [-0.05, 0) is 67.8 Å². The van der Waals surface area contributed by atoms with E-state index in [1.165, 1.54) is 24.8 Å². The first-order valence-corrected chi connectivity index (χ1v) is 7.97. The Bertz CT molecular complexity index is 462. The van der Waals surface area contributed by atoms with Crippen molar-refractivity contribution < 1.29 is 9.59 Å². The van der Waals surface area contributed by atoms with E-state index in [1.807, 2.05) is 6.08 Å². The molecule has 3 saturated carbocycles. The van der Waals surface area contributed by atoms with Crippen molar-refractivity contribution in [1.29, 1.82) is 0 Å². The number of carbonyl (C=O) groups is 2. The first kappa shape index (κ1) is 11.9. The van der Waals surface area contributed by atoms with E-state index in [1.54, 1.807) is 0 Å². The van der Waals surface area contributed by atoms with Gasteiger partial charge in [-0.2, -0.15) is 0 Å². The van der Waals surface area contributed by atoms with E-state index in [0.717, 1.165) is 43.9 Å². The molecular weight excluding hydrogens is 236 g/mol. The van der Waals surface area contributed by atoms with Gasteiger partial charge in [0, 0.05) is 19.3 Å². The predicted molar refractivity (Wildman–Crippen MR) is 72.5 cm³/mol. The van der Waals surface area contributed by atoms with Gasteiger partial charge in [0.1, 0.15) is 5.78 Å². The maximum atomic E-state index is 11.8. The Morgan fingerprint density at radius 2 is 1.74 bits per heavy atom. The molecule has 19 heavy (non-hydrogen) atoms. The highest BCUT2D eigenvalue weighted by Crippen LogP contribution is 2.55. The van der Waals surface area contributed by atoms with Crippen molar-refractivity contribution in [2.75, 3.05) is 0 Å². The molecule has 5 atom stereocenters. The number of fused-ring (bicyclic) bond motifs is 5. The Morgan fingerprint density at radius 3 is 2.63 bits per heavy atom. The molecule has 4 aliphatic carbocycles. The fourth-order valence-corrected chi connectivity index (χ4v) is 5.59. The van der Waals surface area contributed by atoms with Gasteiger partial charge in [-0.3, -0.25) is 9.59 Å². The van der Waals surface area contributed by atoms with Gasteiger partial charge in [0.15, 0.2) is 5.78 Å². The van der Waals surface area contributed by atoms with Crippen LogP contribution in [0.3, 0.4) is 0 Å². The highest BCUT2D eigenvalue weighted by molar-refractivity contribution is 5.91. The summed E-state index contributed by atoms with van der Waals surface area (Å²) in [6, 6.07) is 0. The van der Waals surface area contributed by atoms with Crippen molar-refractivity contribution in [3.8, 4) is 0 Å². The number of allylic oxidation sites excluding steroid dienone is 1. The number of rotatable bonds is 0. The standard InChI is InChI=1S/C17H22O2/c18-12-3-6-14-10(7-12)1-5-16-15(14)4-2-11-8-13(19)9-17(11)16/h7,11,14-17H,1-6,8-9H2/t11-,14+,15-,16-,17?/m0/s1. The van der Waals surface area contributed by atoms with Crippen LogP contribution in [-0.4, -0.2) is 11.6 Å². The number of hydrogen-bond donors (Lipinski definition) is 0. The van der Waals surface area contributed by atoms with Crippen LogP contribution in [0.2, 0.25) is 0 Å². The average molecular weight is 258 g/mol. The van der Waals surface area contributed by atoms with Gasteiger partial charge in [-0.25, -0.2) is 0 Å². The van der Waals surface area contributed by atoms with E-state index in [0.29, 0.717) is 29.3 Å². The minimum atomic E-state index is 0.342. The Hall–Kier alpha value is -0.920. The summed E-state index contributed by atoms with van der Waals surface area (Å²) in [7, 11) is 0. The molecular formula is C17H22O2. The Kier molecular flexibility index (Phi) is 2.68. The third kappa shape index (κ3) is 1.83. The summed E-state index contributed by atoms with van der Waals surface area (Å²) in [5, 5.41) is 0. The van der Waals surface area contributed by atoms with Crippen molar-refractivity contribution in [3.63, 3.8) is 0 Å². The minimum Gasteiger partial charge on any atom is -0.300 e. The lowest BCUT2D eigenvalue weighted by Gasteiger charge is -2.48. The summed E-state index contributed by atoms with van der Waals surface area (Å²) < 4.78 is 0. The van der Waals surface area contributed by atoms with Crippen molar-refractivity contribution in [1.82, 2.24) is 0 Å². The molecule has 0 aromatic carbocycles. The molecule has 1 unspecified atom stereocenters. The molecule has 0 aromatic rings. The van der Waals surface area contributed by atoms with Gasteiger partial charge in [0.05, 0.1) is 0 Å². The second-order valence-electron chi connectivity index (χ2n) is 7.15. The van der Waals surface area contributed by atoms with Gasteiger partial charge in [0.25, 0.3) is 0 Å². The lowest BCUT2D eigenvalue weighted by atomic mass is 9.56. The Labute approximate surface area is 114 Å². The van der Waals surface area contributed by atoms with Crippen LogP contribution in [-0.2, 0) is 9.59 Å². The van der Waals surface area contributed by atoms with Crippen LogP contribution in [0.1, 0.15) is 51.4 Å². The Balaban J connectivity index is 1.61. The molecule has 0 bridgehead atoms. The minimum absolute atomic E-state index is 0.342. The lowest BCUT2D eigenvalue weighted by Crippen LogP contribution is -2.40. The highest BCUT2D eigenvalue weighted by Gasteiger charge is 2.49. The summed E-state index contributed by atoms with van der Waals surface area (Å²) in [6.07, 6.45) is 10.4. The summed E-state index contributed by atoms with van der Waals surface area (Å²) in [5.41, 5.74) is 1.44. The molecule has 2 nitrogen and oxygen atoms in total. The van der Waals surface area contributed by atoms with Crippen LogP contribution in [0, 0.1) is 29.6 Å². The van der Waals surface area contributed by atoms with Crippen LogP contribution in [0.25, 0.3) is 0 Å². The monoisotopic (exact) mass is 258 g/mol. The van der Waals surface area contributed by atoms with Gasteiger partial charge in [-0.15, -0.1) is 0 Å². The summed E-state index contributed by atoms with van der Waals surface area (Å²) in [4.78, 5) is 23.3. The highest BCUT2D eigenvalue weighted by atomic mass is 16.1. The van der Waals surface area contributed by atoms with E-state index in [2.05, 4.69) is 0 Å². The zero-order chi connectivity index (χ0) is 13.0. The summed E-state index contributed by atoms with van der Waals surface area (Å²) in [6.45, 7) is 0. The van der Waals surface area contributed by atoms with Crippen LogP contribution >= 0.6 is 0 Å². The van der Waals surface area contributed by atoms with Crippen LogP contribution < -0.4 is 0 Å². The predicted octanol–water partition coefficient (Wildman–Crippen LogP) is 3.31. The number of hydrogen-bond acceptors (Lipinski definition) is 2. The molecule has 4 aliphatic rings. The number of ketones is 2. The fourth-order valence-electron chi connectivity index (χ4n) is 5.59. The zero-order valence-corrected chi connectivity index (χ0v) is 11.4. The van der Waals surface area contributed by atoms with E-state index in [9.17, 15) is 9.59 Å². The fraction of sp³-hybridized carbons (Fsp3) is 0.765. The van der Waals surface area contributed by atoms with E-state index < -0.39 is 0 Å². The molecule has 0 radical (unpaired) electrons. The average Bonchev–Trinajstić information content (AvgIpc) is 2.78. The third-order valence-corrected chi connectivity index (χ3v) is 6.34. The van der Waals surface area contributed by atoms with Crippen LogP contribution in [0.5, 0.6) is 0 Å². The quantitative estimate of drug-likeness (QED) is 0.668. The Morgan fingerprint density at radius 1 is 0.842 bits per heavy atom. The molecule has 3 fully saturated rings. The molecule has 0 spiro atoms. The van der Waals surface area contributed by atoms with Crippen LogP contribution in [0.15, 0.2) is 11.6 Å². The molecule has 0 N–H and O–H groups in total. The van der Waals surface area contributed by atoms with Crippen molar-refractivity contribution in [2.24, 2.45) is 29.6 Å². The molecule has 4 rings (SSSR count). The maximum Gasteiger partial charge on any atom is 0.155 e. The SMILES string of the molecule is O=C1C=C2CC[C@@H]3C4CC(=O)C[C@@H]4CC[C@H]3[C@@H]2CC1. The number of Topliss-reactive ketones (excluding diaryl/α,β-unsaturated/α-hetero) is 1. The first-order valence-electron chi connectivity index (χ1n) is 7.97. The maximum absolute atomic E-state index is 11.8. The van der Waals surface area contributed by atoms with Crippen LogP contribution in [0.4, 0.5) is 0 Å². The molecule has 0 aromatic heterocycles. The normalized spacial score (nSPS) is 45.3. The van der Waals surface area contributed by atoms with Gasteiger partial charge in [-0.1, -0.05) is 5.57 Å². The van der Waals surface area contributed by atoms with Crippen molar-refractivity contribution in [3.05, 3.63) is 11.6 Å². The molecule has 0 amide bonds. The second-order valence-corrected chi connectivity index (χ2v) is 7.15. The summed E-state index contributed by atoms with van der Waals surface area (Å²) in [5.74, 6) is 4.47. The van der Waals surface area contributed by atoms with Gasteiger partial charge in [0.2, 0.25) is 0 Å². The summed E-state index contributed by atoms with van der Waals surface area (Å²) >= 11 is 0. The van der Waals surface area contributed by atoms with Gasteiger partial charge >= 0.3 is 0 Å². The van der Waals surface area contributed by atoms with Gasteiger partial charge < -0.3 is 0 Å². The third-order valence-electron chi connectivity index (χ3n) is 6.34. The van der Waals surface area contributed by atoms with E-state index >= 15 is 0 Å². The topological polar surface area (TPSA) is 34.1 Å². The molecule has 0 aliphatic heterocycles. The largest absolute Gasteiger partial charge is 0.300 e. The molecule has 2 heteroatoms.